The van der Waals surface area contributed by atoms with Crippen molar-refractivity contribution in [3.8, 4) is 0 Å². The van der Waals surface area contributed by atoms with Crippen LogP contribution in [0.15, 0.2) is 11.4 Å². The molecule has 38 heavy (non-hydrogen) atoms. The van der Waals surface area contributed by atoms with Gasteiger partial charge in [-0.15, -0.1) is 11.3 Å². The van der Waals surface area contributed by atoms with E-state index in [1.807, 2.05) is 5.38 Å². The second-order valence-corrected chi connectivity index (χ2v) is 11.8. The lowest BCUT2D eigenvalue weighted by molar-refractivity contribution is -0.146. The molecule has 1 aliphatic carbocycles. The van der Waals surface area contributed by atoms with E-state index in [0.29, 0.717) is 38.1 Å². The van der Waals surface area contributed by atoms with E-state index in [4.69, 9.17) is 14.5 Å². The van der Waals surface area contributed by atoms with Crippen LogP contribution in [0.25, 0.3) is 0 Å². The zero-order chi connectivity index (χ0) is 26.7. The lowest BCUT2D eigenvalue weighted by atomic mass is 9.86. The van der Waals surface area contributed by atoms with Crippen LogP contribution in [0.2, 0.25) is 0 Å². The molecule has 2 aliphatic heterocycles. The Bertz CT molecular complexity index is 1060. The number of ether oxygens (including phenoxy) is 2. The van der Waals surface area contributed by atoms with Crippen molar-refractivity contribution in [3.05, 3.63) is 33.5 Å². The summed E-state index contributed by atoms with van der Waals surface area (Å²) >= 11 is 1.60. The quantitative estimate of drug-likeness (QED) is 0.457. The van der Waals surface area contributed by atoms with Crippen molar-refractivity contribution in [2.45, 2.75) is 89.6 Å². The van der Waals surface area contributed by atoms with E-state index in [1.54, 1.807) is 16.2 Å². The van der Waals surface area contributed by atoms with Crippen LogP contribution in [-0.2, 0) is 27.0 Å². The van der Waals surface area contributed by atoms with Crippen molar-refractivity contribution < 1.29 is 27.4 Å². The van der Waals surface area contributed by atoms with Gasteiger partial charge in [-0.2, -0.15) is 18.3 Å². The van der Waals surface area contributed by atoms with Crippen LogP contribution in [0.1, 0.15) is 92.1 Å². The minimum Gasteiger partial charge on any atom is -0.347 e. The van der Waals surface area contributed by atoms with E-state index < -0.39 is 24.7 Å². The van der Waals surface area contributed by atoms with E-state index >= 15 is 0 Å². The fourth-order valence-corrected chi connectivity index (χ4v) is 6.98. The first-order chi connectivity index (χ1) is 18.3. The van der Waals surface area contributed by atoms with Gasteiger partial charge in [-0.05, 0) is 50.5 Å². The monoisotopic (exact) mass is 554 g/mol. The van der Waals surface area contributed by atoms with Crippen LogP contribution in [0.4, 0.5) is 13.2 Å². The smallest absolute Gasteiger partial charge is 0.347 e. The van der Waals surface area contributed by atoms with Gasteiger partial charge >= 0.3 is 6.18 Å². The molecule has 7 nitrogen and oxygen atoms in total. The first-order valence-corrected chi connectivity index (χ1v) is 14.7. The van der Waals surface area contributed by atoms with Crippen LogP contribution in [0.3, 0.4) is 0 Å². The summed E-state index contributed by atoms with van der Waals surface area (Å²) in [5.74, 6) is 0.965. The Morgan fingerprint density at radius 2 is 1.66 bits per heavy atom. The molecule has 3 aliphatic rings. The van der Waals surface area contributed by atoms with Gasteiger partial charge in [0, 0.05) is 24.4 Å². The fraction of sp³-hybridized carbons (Fsp3) is 0.741. The molecule has 2 aromatic rings. The zero-order valence-corrected chi connectivity index (χ0v) is 22.7. The number of hydrogen-bond acceptors (Lipinski definition) is 6. The molecule has 2 saturated heterocycles. The van der Waals surface area contributed by atoms with Gasteiger partial charge in [-0.25, -0.2) is 4.98 Å². The van der Waals surface area contributed by atoms with Gasteiger partial charge in [0.1, 0.15) is 17.9 Å². The first-order valence-electron chi connectivity index (χ1n) is 13.9. The summed E-state index contributed by atoms with van der Waals surface area (Å²) in [6.45, 7) is 3.49. The summed E-state index contributed by atoms with van der Waals surface area (Å²) in [5.41, 5.74) is 0.173. The van der Waals surface area contributed by atoms with E-state index in [9.17, 15) is 18.0 Å². The number of aromatic nitrogens is 3. The summed E-state index contributed by atoms with van der Waals surface area (Å²) in [5, 5.41) is 6.91. The molecule has 0 N–H and O–H groups in total. The molecule has 2 unspecified atom stereocenters. The summed E-state index contributed by atoms with van der Waals surface area (Å²) in [6.07, 6.45) is 5.37. The van der Waals surface area contributed by atoms with E-state index in [2.05, 4.69) is 5.10 Å². The minimum absolute atomic E-state index is 0.208. The molecule has 11 heteroatoms. The van der Waals surface area contributed by atoms with Gasteiger partial charge in [-0.3, -0.25) is 9.48 Å². The van der Waals surface area contributed by atoms with Crippen molar-refractivity contribution in [2.24, 2.45) is 11.8 Å². The fourth-order valence-electron chi connectivity index (χ4n) is 5.99. The number of piperidine rings is 1. The Labute approximate surface area is 225 Å². The molecule has 5 rings (SSSR count). The summed E-state index contributed by atoms with van der Waals surface area (Å²) in [4.78, 5) is 19.3. The molecular weight excluding hydrogens is 517 g/mol. The Kier molecular flexibility index (Phi) is 8.74. The average molecular weight is 555 g/mol. The number of fused-ring (bicyclic) bond motifs is 1. The SMILES string of the molecule is Cc1cc(C(F)(F)F)n(CC(=O)N2CCC(c3nc(C4OCC5CCCCCCCC5CO4)cs3)CC2)n1. The van der Waals surface area contributed by atoms with E-state index in [1.165, 1.54) is 51.9 Å². The van der Waals surface area contributed by atoms with Crippen LogP contribution in [-0.4, -0.2) is 51.9 Å². The molecule has 0 radical (unpaired) electrons. The molecule has 0 spiro atoms. The Balaban J connectivity index is 1.14. The molecule has 210 valence electrons. The minimum atomic E-state index is -4.54. The number of amides is 1. The van der Waals surface area contributed by atoms with Crippen molar-refractivity contribution in [1.29, 1.82) is 0 Å². The highest BCUT2D eigenvalue weighted by atomic mass is 32.1. The largest absolute Gasteiger partial charge is 0.433 e. The highest BCUT2D eigenvalue weighted by molar-refractivity contribution is 7.09. The first kappa shape index (κ1) is 27.6. The van der Waals surface area contributed by atoms with Gasteiger partial charge in [0.25, 0.3) is 0 Å². The standard InChI is InChI=1S/C27H37F3N4O3S/c1-18-13-23(27(28,29)30)34(32-18)14-24(35)33-11-9-19(10-12-33)25-31-22(17-38-25)26-36-15-20-7-5-3-2-4-6-8-21(20)16-37-26/h13,17,19-21,26H,2-12,14-16H2,1H3. The number of alkyl halides is 3. The highest BCUT2D eigenvalue weighted by Gasteiger charge is 2.37. The van der Waals surface area contributed by atoms with Crippen LogP contribution in [0.5, 0.6) is 0 Å². The average Bonchev–Trinajstić information content (AvgIpc) is 3.49. The number of hydrogen-bond donors (Lipinski definition) is 0. The molecule has 3 fully saturated rings. The summed E-state index contributed by atoms with van der Waals surface area (Å²) < 4.78 is 53.0. The maximum atomic E-state index is 13.3. The van der Waals surface area contributed by atoms with Gasteiger partial charge < -0.3 is 14.4 Å². The number of thiazole rings is 1. The van der Waals surface area contributed by atoms with Crippen LogP contribution >= 0.6 is 11.3 Å². The molecular formula is C27H37F3N4O3S. The number of carbonyl (C=O) groups excluding carboxylic acids is 1. The van der Waals surface area contributed by atoms with Gasteiger partial charge in [0.2, 0.25) is 12.2 Å². The third-order valence-corrected chi connectivity index (χ3v) is 9.22. The van der Waals surface area contributed by atoms with Gasteiger partial charge in [-0.1, -0.05) is 32.1 Å². The number of aryl methyl sites for hydroxylation is 1. The van der Waals surface area contributed by atoms with Crippen LogP contribution < -0.4 is 0 Å². The molecule has 4 heterocycles. The summed E-state index contributed by atoms with van der Waals surface area (Å²) in [6, 6.07) is 0.971. The number of halogens is 3. The van der Waals surface area contributed by atoms with Gasteiger partial charge in [0.15, 0.2) is 0 Å². The molecule has 2 atom stereocenters. The van der Waals surface area contributed by atoms with Crippen molar-refractivity contribution in [2.75, 3.05) is 26.3 Å². The predicted molar refractivity (Wildman–Crippen MR) is 137 cm³/mol. The highest BCUT2D eigenvalue weighted by Crippen LogP contribution is 2.37. The zero-order valence-electron chi connectivity index (χ0n) is 21.9. The Hall–Kier alpha value is -1.98. The molecule has 2 aromatic heterocycles. The lowest BCUT2D eigenvalue weighted by Gasteiger charge is -2.31. The normalized spacial score (nSPS) is 26.2. The van der Waals surface area contributed by atoms with Crippen LogP contribution in [0, 0.1) is 18.8 Å². The maximum absolute atomic E-state index is 13.3. The number of rotatable bonds is 4. The van der Waals surface area contributed by atoms with Crippen molar-refractivity contribution >= 4 is 17.2 Å². The topological polar surface area (TPSA) is 69.5 Å². The number of nitrogens with zero attached hydrogens (tertiary/aromatic N) is 4. The van der Waals surface area contributed by atoms with E-state index in [-0.39, 0.29) is 17.5 Å². The molecule has 0 bridgehead atoms. The third kappa shape index (κ3) is 6.59. The summed E-state index contributed by atoms with van der Waals surface area (Å²) in [7, 11) is 0. The van der Waals surface area contributed by atoms with Gasteiger partial charge in [0.05, 0.1) is 23.9 Å². The predicted octanol–water partition coefficient (Wildman–Crippen LogP) is 6.10. The Morgan fingerprint density at radius 1 is 1.03 bits per heavy atom. The van der Waals surface area contributed by atoms with E-state index in [0.717, 1.165) is 34.3 Å². The second-order valence-electron chi connectivity index (χ2n) is 11.0. The van der Waals surface area contributed by atoms with Crippen molar-refractivity contribution in [3.63, 3.8) is 0 Å². The molecule has 1 saturated carbocycles. The Morgan fingerprint density at radius 3 is 2.29 bits per heavy atom. The van der Waals surface area contributed by atoms with Crippen molar-refractivity contribution in [1.82, 2.24) is 19.7 Å². The number of carbonyl (C=O) groups is 1. The third-order valence-electron chi connectivity index (χ3n) is 8.20. The number of likely N-dealkylation sites (tertiary alicyclic amines) is 1. The maximum Gasteiger partial charge on any atom is 0.433 e. The lowest BCUT2D eigenvalue weighted by Crippen LogP contribution is -2.40. The second kappa shape index (κ2) is 12.0. The molecule has 0 aromatic carbocycles. The molecule has 1 amide bonds.